The third kappa shape index (κ3) is 2.08. The van der Waals surface area contributed by atoms with Crippen molar-refractivity contribution >= 4 is 0 Å². The molecule has 0 spiro atoms. The third-order valence-electron chi connectivity index (χ3n) is 3.25. The minimum atomic E-state index is 0.442. The van der Waals surface area contributed by atoms with Crippen LogP contribution >= 0.6 is 0 Å². The molecule has 1 saturated heterocycles. The van der Waals surface area contributed by atoms with Gasteiger partial charge in [-0.3, -0.25) is 4.90 Å². The molecule has 3 heteroatoms. The van der Waals surface area contributed by atoms with E-state index in [9.17, 15) is 0 Å². The third-order valence-corrected chi connectivity index (χ3v) is 3.25. The summed E-state index contributed by atoms with van der Waals surface area (Å²) < 4.78 is 5.53. The molecule has 84 valence electrons. The zero-order valence-electron chi connectivity index (χ0n) is 9.57. The second-order valence-electron chi connectivity index (χ2n) is 4.08. The summed E-state index contributed by atoms with van der Waals surface area (Å²) in [6, 6.07) is 5.19. The van der Waals surface area contributed by atoms with Crippen LogP contribution in [0.2, 0.25) is 0 Å². The molecule has 0 radical (unpaired) electrons. The molecule has 0 amide bonds. The molecule has 0 saturated carbocycles. The normalized spacial score (nSPS) is 19.1. The molecular weight excluding hydrogens is 188 g/mol. The summed E-state index contributed by atoms with van der Waals surface area (Å²) in [7, 11) is 0. The average molecular weight is 208 g/mol. The molecule has 2 rings (SSSR count). The average Bonchev–Trinajstić information content (AvgIpc) is 2.67. The Morgan fingerprint density at radius 3 is 2.73 bits per heavy atom. The van der Waals surface area contributed by atoms with E-state index in [0.29, 0.717) is 12.1 Å². The second-order valence-corrected chi connectivity index (χ2v) is 4.08. The number of rotatable bonds is 5. The molecule has 0 aliphatic carbocycles. The molecular formula is C12H20N2O. The molecule has 1 aromatic heterocycles. The van der Waals surface area contributed by atoms with Gasteiger partial charge in [-0.1, -0.05) is 13.8 Å². The van der Waals surface area contributed by atoms with Crippen molar-refractivity contribution in [3.63, 3.8) is 0 Å². The molecule has 1 N–H and O–H groups in total. The number of likely N-dealkylation sites (N-methyl/N-ethyl adjacent to an activating group) is 1. The fourth-order valence-corrected chi connectivity index (χ4v) is 2.32. The summed E-state index contributed by atoms with van der Waals surface area (Å²) in [5.41, 5.74) is 0. The van der Waals surface area contributed by atoms with Gasteiger partial charge in [-0.25, -0.2) is 0 Å². The first-order valence-electron chi connectivity index (χ1n) is 5.86. The van der Waals surface area contributed by atoms with Gasteiger partial charge >= 0.3 is 0 Å². The van der Waals surface area contributed by atoms with Gasteiger partial charge in [0.05, 0.1) is 12.3 Å². The van der Waals surface area contributed by atoms with Gasteiger partial charge < -0.3 is 9.73 Å². The lowest BCUT2D eigenvalue weighted by Gasteiger charge is -2.41. The summed E-state index contributed by atoms with van der Waals surface area (Å²) in [4.78, 5) is 2.54. The van der Waals surface area contributed by atoms with Crippen LogP contribution in [0.4, 0.5) is 0 Å². The van der Waals surface area contributed by atoms with E-state index in [1.54, 1.807) is 6.26 Å². The van der Waals surface area contributed by atoms with Crippen LogP contribution in [-0.2, 0) is 0 Å². The lowest BCUT2D eigenvalue weighted by molar-refractivity contribution is 0.0860. The summed E-state index contributed by atoms with van der Waals surface area (Å²) in [5.74, 6) is 1.10. The Kier molecular flexibility index (Phi) is 3.44. The van der Waals surface area contributed by atoms with E-state index >= 15 is 0 Å². The number of nitrogens with one attached hydrogen (secondary N) is 1. The maximum Gasteiger partial charge on any atom is 0.120 e. The lowest BCUT2D eigenvalue weighted by Crippen LogP contribution is -2.57. The van der Waals surface area contributed by atoms with Crippen LogP contribution in [0, 0.1) is 0 Å². The van der Waals surface area contributed by atoms with Crippen LogP contribution in [0.25, 0.3) is 0 Å². The SMILES string of the molecule is CCC(c1ccco1)N(CC)C1CNC1. The Morgan fingerprint density at radius 1 is 1.53 bits per heavy atom. The van der Waals surface area contributed by atoms with E-state index in [1.165, 1.54) is 0 Å². The largest absolute Gasteiger partial charge is 0.468 e. The molecule has 0 bridgehead atoms. The van der Waals surface area contributed by atoms with Gasteiger partial charge in [0.2, 0.25) is 0 Å². The van der Waals surface area contributed by atoms with Crippen LogP contribution in [-0.4, -0.2) is 30.6 Å². The van der Waals surface area contributed by atoms with Gasteiger partial charge in [-0.15, -0.1) is 0 Å². The molecule has 1 fully saturated rings. The maximum atomic E-state index is 5.53. The molecule has 1 unspecified atom stereocenters. The predicted molar refractivity (Wildman–Crippen MR) is 60.8 cm³/mol. The molecule has 1 aliphatic rings. The highest BCUT2D eigenvalue weighted by Gasteiger charge is 2.30. The Morgan fingerprint density at radius 2 is 2.33 bits per heavy atom. The van der Waals surface area contributed by atoms with E-state index in [0.717, 1.165) is 31.8 Å². The lowest BCUT2D eigenvalue weighted by atomic mass is 10.0. The number of nitrogens with zero attached hydrogens (tertiary/aromatic N) is 1. The highest BCUT2D eigenvalue weighted by molar-refractivity contribution is 5.06. The van der Waals surface area contributed by atoms with Gasteiger partial charge in [0.1, 0.15) is 5.76 Å². The van der Waals surface area contributed by atoms with Crippen molar-refractivity contribution in [3.05, 3.63) is 24.2 Å². The van der Waals surface area contributed by atoms with Crippen molar-refractivity contribution < 1.29 is 4.42 Å². The van der Waals surface area contributed by atoms with Crippen molar-refractivity contribution in [2.24, 2.45) is 0 Å². The topological polar surface area (TPSA) is 28.4 Å². The Balaban J connectivity index is 2.09. The summed E-state index contributed by atoms with van der Waals surface area (Å²) >= 11 is 0. The van der Waals surface area contributed by atoms with Crippen molar-refractivity contribution in [1.82, 2.24) is 10.2 Å². The van der Waals surface area contributed by atoms with Gasteiger partial charge in [0, 0.05) is 19.1 Å². The highest BCUT2D eigenvalue weighted by atomic mass is 16.3. The molecule has 0 aromatic carbocycles. The molecule has 1 aliphatic heterocycles. The maximum absolute atomic E-state index is 5.53. The van der Waals surface area contributed by atoms with E-state index in [2.05, 4.69) is 30.1 Å². The molecule has 15 heavy (non-hydrogen) atoms. The summed E-state index contributed by atoms with van der Waals surface area (Å²) in [6.45, 7) is 7.77. The van der Waals surface area contributed by atoms with Crippen LogP contribution in [0.5, 0.6) is 0 Å². The number of hydrogen-bond donors (Lipinski definition) is 1. The summed E-state index contributed by atoms with van der Waals surface area (Å²) in [6.07, 6.45) is 2.88. The number of hydrogen-bond acceptors (Lipinski definition) is 3. The van der Waals surface area contributed by atoms with Crippen LogP contribution in [0.15, 0.2) is 22.8 Å². The highest BCUT2D eigenvalue weighted by Crippen LogP contribution is 2.27. The first kappa shape index (κ1) is 10.7. The molecule has 3 nitrogen and oxygen atoms in total. The quantitative estimate of drug-likeness (QED) is 0.802. The van der Waals surface area contributed by atoms with Crippen LogP contribution in [0.3, 0.4) is 0 Å². The van der Waals surface area contributed by atoms with Gasteiger partial charge in [0.25, 0.3) is 0 Å². The number of furan rings is 1. The fraction of sp³-hybridized carbons (Fsp3) is 0.667. The van der Waals surface area contributed by atoms with Gasteiger partial charge in [-0.05, 0) is 25.1 Å². The predicted octanol–water partition coefficient (Wildman–Crippen LogP) is 2.02. The Bertz CT molecular complexity index is 280. The molecule has 2 heterocycles. The molecule has 1 aromatic rings. The van der Waals surface area contributed by atoms with Crippen LogP contribution in [0.1, 0.15) is 32.1 Å². The van der Waals surface area contributed by atoms with Crippen LogP contribution < -0.4 is 5.32 Å². The van der Waals surface area contributed by atoms with Gasteiger partial charge in [-0.2, -0.15) is 0 Å². The zero-order valence-corrected chi connectivity index (χ0v) is 9.57. The minimum Gasteiger partial charge on any atom is -0.468 e. The van der Waals surface area contributed by atoms with E-state index in [4.69, 9.17) is 4.42 Å². The van der Waals surface area contributed by atoms with Crippen molar-refractivity contribution in [2.45, 2.75) is 32.4 Å². The second kappa shape index (κ2) is 4.81. The minimum absolute atomic E-state index is 0.442. The first-order chi connectivity index (χ1) is 7.36. The fourth-order valence-electron chi connectivity index (χ4n) is 2.32. The first-order valence-corrected chi connectivity index (χ1v) is 5.86. The van der Waals surface area contributed by atoms with Crippen molar-refractivity contribution in [2.75, 3.05) is 19.6 Å². The Labute approximate surface area is 91.4 Å². The monoisotopic (exact) mass is 208 g/mol. The van der Waals surface area contributed by atoms with Crippen molar-refractivity contribution in [1.29, 1.82) is 0 Å². The summed E-state index contributed by atoms with van der Waals surface area (Å²) in [5, 5.41) is 3.33. The molecule has 1 atom stereocenters. The van der Waals surface area contributed by atoms with E-state index < -0.39 is 0 Å². The standard InChI is InChI=1S/C12H20N2O/c1-3-11(12-6-5-7-15-12)14(4-2)10-8-13-9-10/h5-7,10-11,13H,3-4,8-9H2,1-2H3. The van der Waals surface area contributed by atoms with E-state index in [1.807, 2.05) is 6.07 Å². The van der Waals surface area contributed by atoms with Crippen molar-refractivity contribution in [3.8, 4) is 0 Å². The smallest absolute Gasteiger partial charge is 0.120 e. The van der Waals surface area contributed by atoms with E-state index in [-0.39, 0.29) is 0 Å². The zero-order chi connectivity index (χ0) is 10.7. The Hall–Kier alpha value is -0.800. The van der Waals surface area contributed by atoms with Gasteiger partial charge in [0.15, 0.2) is 0 Å².